The Morgan fingerprint density at radius 2 is 1.64 bits per heavy atom. The van der Waals surface area contributed by atoms with Crippen molar-refractivity contribution in [1.82, 2.24) is 40.4 Å². The third kappa shape index (κ3) is 11.8. The monoisotopic (exact) mass is 1150 g/mol. The molecule has 0 spiro atoms. The number of thiazole rings is 1. The number of nitrogens with two attached hydrogens (primary N) is 1. The number of hydrogen-bond acceptors (Lipinski definition) is 19. The molecule has 20 nitrogen and oxygen atoms in total. The number of carbonyl (C=O) groups is 2. The summed E-state index contributed by atoms with van der Waals surface area (Å²) in [7, 11) is 0. The number of phenolic OH excluding ortho intramolecular Hbond substituents is 1. The Morgan fingerprint density at radius 1 is 0.892 bits per heavy atom. The van der Waals surface area contributed by atoms with Crippen molar-refractivity contribution in [3.8, 4) is 39.4 Å². The molecule has 6 fully saturated rings. The summed E-state index contributed by atoms with van der Waals surface area (Å²) < 4.78 is 19.0. The number of ether oxygens (including phenoxy) is 2. The molecule has 4 aromatic heterocycles. The lowest BCUT2D eigenvalue weighted by Crippen LogP contribution is -2.54. The number of nitrogens with zero attached hydrogens (tertiary/aromatic N) is 11. The summed E-state index contributed by atoms with van der Waals surface area (Å²) in [5.41, 5.74) is 13.9. The number of phenols is 1. The van der Waals surface area contributed by atoms with Gasteiger partial charge in [0.25, 0.3) is 0 Å². The van der Waals surface area contributed by atoms with Gasteiger partial charge in [-0.05, 0) is 93.7 Å². The van der Waals surface area contributed by atoms with Gasteiger partial charge in [0.15, 0.2) is 17.4 Å². The van der Waals surface area contributed by atoms with Crippen molar-refractivity contribution in [2.45, 2.75) is 140 Å². The highest BCUT2D eigenvalue weighted by atomic mass is 32.1. The van der Waals surface area contributed by atoms with E-state index in [1.165, 1.54) is 4.90 Å². The number of aryl methyl sites for hydroxylation is 1. The van der Waals surface area contributed by atoms with Crippen LogP contribution in [0.2, 0.25) is 0 Å². The lowest BCUT2D eigenvalue weighted by atomic mass is 9.79. The minimum absolute atomic E-state index is 0.0449. The predicted molar refractivity (Wildman–Crippen MR) is 316 cm³/mol. The van der Waals surface area contributed by atoms with Crippen molar-refractivity contribution in [3.05, 3.63) is 102 Å². The molecule has 12 rings (SSSR count). The van der Waals surface area contributed by atoms with Crippen LogP contribution in [0.5, 0.6) is 11.6 Å². The lowest BCUT2D eigenvalue weighted by Gasteiger charge is -2.44. The summed E-state index contributed by atoms with van der Waals surface area (Å²) in [4.78, 5) is 49.3. The van der Waals surface area contributed by atoms with Gasteiger partial charge in [0.05, 0.1) is 63.3 Å². The molecule has 2 aromatic carbocycles. The number of para-hydroxylation sites is 1. The van der Waals surface area contributed by atoms with Crippen molar-refractivity contribution in [1.29, 1.82) is 5.26 Å². The van der Waals surface area contributed by atoms with Crippen LogP contribution in [0.15, 0.2) is 89.0 Å². The number of likely N-dealkylation sites (tertiary alicyclic amines) is 2. The van der Waals surface area contributed by atoms with E-state index in [0.717, 1.165) is 97.8 Å². The second-order valence-electron chi connectivity index (χ2n) is 24.2. The number of rotatable bonds is 17. The molecule has 2 bridgehead atoms. The van der Waals surface area contributed by atoms with E-state index in [2.05, 4.69) is 68.4 Å². The van der Waals surface area contributed by atoms with Gasteiger partial charge in [-0.3, -0.25) is 9.59 Å². The number of nitriles is 1. The number of nitrogens with one attached hydrogen (secondary N) is 1. The number of benzene rings is 2. The topological polar surface area (TPSA) is 249 Å². The smallest absolute Gasteiger partial charge is 0.243 e. The zero-order valence-corrected chi connectivity index (χ0v) is 48.5. The summed E-state index contributed by atoms with van der Waals surface area (Å²) in [5.74, 6) is 0.736. The zero-order valence-electron chi connectivity index (χ0n) is 47.7. The molecular formula is C62H75N13O7S. The Bertz CT molecular complexity index is 3300. The predicted octanol–water partition coefficient (Wildman–Crippen LogP) is 7.88. The number of carbonyl (C=O) groups excluding carboxylic acids is 2. The summed E-state index contributed by atoms with van der Waals surface area (Å²) in [6.45, 7) is 13.1. The Hall–Kier alpha value is -7.38. The first-order valence-electron chi connectivity index (χ1n) is 29.6. The molecule has 1 aliphatic carbocycles. The van der Waals surface area contributed by atoms with Crippen molar-refractivity contribution >= 4 is 46.2 Å². The van der Waals surface area contributed by atoms with Gasteiger partial charge in [0.2, 0.25) is 17.7 Å². The van der Waals surface area contributed by atoms with E-state index >= 15 is 0 Å². The van der Waals surface area contributed by atoms with Crippen LogP contribution in [-0.2, 0) is 14.3 Å². The van der Waals surface area contributed by atoms with E-state index in [-0.39, 0.29) is 72.9 Å². The molecule has 2 unspecified atom stereocenters. The SMILES string of the molecule is Cc1ncsc1-c1ccc([C@H](C)NC(=O)[C@@H]2C[C@@H](O)CN2C(=O)[C@H](c2cc(N3CCC(C#N)(CN4CCC(O[C@H]5C[C@H](Oc6cc(N7C8CCC7CN(c7cc(-c9ccccc9O)nnc7N)C8)ccn6)C5)CC4)CC3)no2)C(C)C)cc1. The molecule has 83 heavy (non-hydrogen) atoms. The number of hydrogen-bond donors (Lipinski definition) is 4. The maximum Gasteiger partial charge on any atom is 0.243 e. The average Bonchev–Trinajstić information content (AvgIpc) is 4.32. The highest BCUT2D eigenvalue weighted by molar-refractivity contribution is 7.13. The van der Waals surface area contributed by atoms with Gasteiger partial charge in [0, 0.05) is 113 Å². The highest BCUT2D eigenvalue weighted by Gasteiger charge is 2.46. The van der Waals surface area contributed by atoms with E-state index in [9.17, 15) is 25.1 Å². The Kier molecular flexibility index (Phi) is 16.0. The number of pyridine rings is 1. The quantitative estimate of drug-likeness (QED) is 0.0678. The lowest BCUT2D eigenvalue weighted by molar-refractivity contribution is -0.141. The highest BCUT2D eigenvalue weighted by Crippen LogP contribution is 2.42. The standard InChI is InChI=1S/C62H75N13O7S/c1-37(2)57(61(79)74-33-45(76)26-52(74)60(78)67-38(3)40-9-11-41(12-10-40)58-39(4)66-36-83-58)54-30-55(70-82-54)72-23-18-62(34-63,19-24-72)35-71-21-16-46(17-22-71)80-47-27-48(28-47)81-56-25-42(15-20-65-56)75-43-13-14-44(75)32-73(31-43)51-29-50(68-69-59(51)64)49-7-5-6-8-53(49)77/h5-12,15,20,25,29-30,36-38,43-48,52,57,76-77H,13-14,16-19,21-24,26-28,31-33,35H2,1-4H3,(H2,64,69)(H,67,78)/t38-,43?,44?,45+,47-,48-,52-,57-/m0/s1. The first-order valence-corrected chi connectivity index (χ1v) is 30.4. The number of fused-ring (bicyclic) bond motifs is 2. The second kappa shape index (κ2) is 23.7. The molecule has 5 aliphatic heterocycles. The minimum Gasteiger partial charge on any atom is -0.507 e. The Balaban J connectivity index is 0.580. The molecule has 436 valence electrons. The number of aliphatic hydroxyl groups excluding tert-OH is 1. The molecule has 6 aromatic rings. The van der Waals surface area contributed by atoms with Crippen LogP contribution >= 0.6 is 11.3 Å². The number of β-amino-alcohol motifs (C(OH)–C–C–N with tert-alkyl or cyclic N) is 1. The van der Waals surface area contributed by atoms with Gasteiger partial charge in [-0.1, -0.05) is 55.4 Å². The minimum atomic E-state index is -0.836. The third-order valence-electron chi connectivity index (χ3n) is 18.3. The van der Waals surface area contributed by atoms with E-state index < -0.39 is 23.5 Å². The molecule has 1 saturated carbocycles. The first-order chi connectivity index (χ1) is 40.2. The Labute approximate surface area is 488 Å². The molecule has 21 heteroatoms. The molecule has 6 aliphatic rings. The third-order valence-corrected chi connectivity index (χ3v) is 19.3. The number of amides is 2. The molecule has 9 heterocycles. The Morgan fingerprint density at radius 3 is 2.34 bits per heavy atom. The van der Waals surface area contributed by atoms with Crippen LogP contribution in [0.25, 0.3) is 21.7 Å². The largest absolute Gasteiger partial charge is 0.507 e. The maximum absolute atomic E-state index is 14.5. The summed E-state index contributed by atoms with van der Waals surface area (Å²) in [6, 6.07) is 25.2. The number of aliphatic hydroxyl groups is 1. The van der Waals surface area contributed by atoms with Crippen LogP contribution in [0.3, 0.4) is 0 Å². The molecule has 0 radical (unpaired) electrons. The van der Waals surface area contributed by atoms with E-state index in [4.69, 9.17) is 19.7 Å². The zero-order chi connectivity index (χ0) is 57.5. The van der Waals surface area contributed by atoms with Gasteiger partial charge in [-0.2, -0.15) is 5.26 Å². The van der Waals surface area contributed by atoms with Gasteiger partial charge in [-0.15, -0.1) is 21.5 Å². The van der Waals surface area contributed by atoms with Crippen molar-refractivity contribution < 1.29 is 33.8 Å². The van der Waals surface area contributed by atoms with E-state index in [1.54, 1.807) is 23.5 Å². The molecular weight excluding hydrogens is 1070 g/mol. The molecule has 5 saturated heterocycles. The molecule has 2 amide bonds. The molecule has 5 N–H and O–H groups in total. The molecule has 6 atom stereocenters. The van der Waals surface area contributed by atoms with Gasteiger partial charge in [0.1, 0.15) is 23.8 Å². The average molecular weight is 1150 g/mol. The fourth-order valence-electron chi connectivity index (χ4n) is 13.6. The van der Waals surface area contributed by atoms with E-state index in [0.29, 0.717) is 67.0 Å². The van der Waals surface area contributed by atoms with Gasteiger partial charge >= 0.3 is 0 Å². The van der Waals surface area contributed by atoms with Crippen LogP contribution in [0, 0.1) is 29.6 Å². The van der Waals surface area contributed by atoms with Crippen molar-refractivity contribution in [2.24, 2.45) is 11.3 Å². The van der Waals surface area contributed by atoms with Crippen molar-refractivity contribution in [3.63, 3.8) is 0 Å². The number of piperidine rings is 2. The van der Waals surface area contributed by atoms with Crippen molar-refractivity contribution in [2.75, 3.05) is 72.8 Å². The summed E-state index contributed by atoms with van der Waals surface area (Å²) in [5, 5.41) is 48.1. The number of aromatic hydroxyl groups is 1. The fraction of sp³-hybridized carbons (Fsp3) is 0.516. The second-order valence-corrected chi connectivity index (χ2v) is 25.1. The number of nitrogen functional groups attached to an aromatic ring is 1. The first kappa shape index (κ1) is 56.1. The van der Waals surface area contributed by atoms with E-state index in [1.807, 2.05) is 87.9 Å². The van der Waals surface area contributed by atoms with Crippen LogP contribution in [0.1, 0.15) is 108 Å². The number of aromatic nitrogens is 5. The number of piperazine rings is 1. The summed E-state index contributed by atoms with van der Waals surface area (Å²) in [6.07, 6.45) is 8.47. The van der Waals surface area contributed by atoms with Crippen LogP contribution in [0.4, 0.5) is 23.0 Å². The normalized spacial score (nSPS) is 24.3. The van der Waals surface area contributed by atoms with Crippen LogP contribution < -0.4 is 30.5 Å². The van der Waals surface area contributed by atoms with Crippen LogP contribution in [-0.4, -0.2) is 152 Å². The fourth-order valence-corrected chi connectivity index (χ4v) is 14.4. The summed E-state index contributed by atoms with van der Waals surface area (Å²) >= 11 is 1.59. The van der Waals surface area contributed by atoms with Gasteiger partial charge < -0.3 is 59.8 Å². The van der Waals surface area contributed by atoms with Gasteiger partial charge in [-0.25, -0.2) is 9.97 Å². The maximum atomic E-state index is 14.5. The number of anilines is 4.